The molecule has 1 aromatic rings. The fourth-order valence-electron chi connectivity index (χ4n) is 2.09. The van der Waals surface area contributed by atoms with Crippen molar-refractivity contribution in [2.24, 2.45) is 0 Å². The maximum absolute atomic E-state index is 8.79. The number of aliphatic hydroxyl groups is 1. The molecule has 5 nitrogen and oxygen atoms in total. The Kier molecular flexibility index (Phi) is 5.42. The molecule has 6 heteroatoms. The molecule has 100 valence electrons. The summed E-state index contributed by atoms with van der Waals surface area (Å²) in [6.07, 6.45) is 3.92. The van der Waals surface area contributed by atoms with Crippen LogP contribution in [0.4, 0.5) is 5.82 Å². The molecule has 0 bridgehead atoms. The zero-order chi connectivity index (χ0) is 12.8. The van der Waals surface area contributed by atoms with Crippen LogP contribution >= 0.6 is 0 Å². The van der Waals surface area contributed by atoms with Crippen LogP contribution < -0.4 is 14.8 Å². The third-order valence-electron chi connectivity index (χ3n) is 3.18. The van der Waals surface area contributed by atoms with E-state index in [9.17, 15) is 0 Å². The monoisotopic (exact) mass is 312 g/mol. The van der Waals surface area contributed by atoms with Gasteiger partial charge in [0.2, 0.25) is 0 Å². The van der Waals surface area contributed by atoms with E-state index in [1.54, 1.807) is 0 Å². The molecule has 1 saturated heterocycles. The van der Waals surface area contributed by atoms with E-state index in [1.165, 1.54) is 6.42 Å². The van der Waals surface area contributed by atoms with E-state index < -0.39 is 0 Å². The van der Waals surface area contributed by atoms with Gasteiger partial charge in [-0.3, -0.25) is 0 Å². The summed E-state index contributed by atoms with van der Waals surface area (Å²) in [7, 11) is 2.01. The Morgan fingerprint density at radius 3 is 3.22 bits per heavy atom. The van der Waals surface area contributed by atoms with Crippen molar-refractivity contribution < 1.29 is 5.11 Å². The Morgan fingerprint density at radius 2 is 2.50 bits per heavy atom. The van der Waals surface area contributed by atoms with Crippen molar-refractivity contribution in [2.45, 2.75) is 24.1 Å². The van der Waals surface area contributed by atoms with Crippen LogP contribution in [-0.2, 0) is 0 Å². The first-order valence-electron chi connectivity index (χ1n) is 6.43. The number of hydrogen-bond acceptors (Lipinski definition) is 5. The molecule has 18 heavy (non-hydrogen) atoms. The van der Waals surface area contributed by atoms with E-state index in [2.05, 4.69) is 20.2 Å². The van der Waals surface area contributed by atoms with Gasteiger partial charge >= 0.3 is 115 Å². The van der Waals surface area contributed by atoms with Gasteiger partial charge in [-0.1, -0.05) is 0 Å². The molecule has 0 amide bonds. The number of rotatable bonds is 6. The second-order valence-corrected chi connectivity index (χ2v) is 7.19. The average molecular weight is 312 g/mol. The number of likely N-dealkylation sites (N-methyl/N-ethyl adjacent to an activating group) is 1. The molecule has 2 unspecified atom stereocenters. The number of aliphatic hydroxyl groups excluding tert-OH is 1. The third kappa shape index (κ3) is 3.67. The van der Waals surface area contributed by atoms with E-state index in [4.69, 9.17) is 5.11 Å². The van der Waals surface area contributed by atoms with Crippen LogP contribution in [0, 0.1) is 0 Å². The van der Waals surface area contributed by atoms with Gasteiger partial charge in [-0.25, -0.2) is 0 Å². The van der Waals surface area contributed by atoms with Gasteiger partial charge in [0.1, 0.15) is 0 Å². The number of hydrogen-bond donors (Lipinski definition) is 2. The fraction of sp³-hybridized carbons (Fsp3) is 0.667. The van der Waals surface area contributed by atoms with E-state index in [-0.39, 0.29) is 22.4 Å². The maximum atomic E-state index is 8.79. The summed E-state index contributed by atoms with van der Waals surface area (Å²) in [4.78, 5) is 11.3. The van der Waals surface area contributed by atoms with Crippen LogP contribution in [0.3, 0.4) is 0 Å². The van der Waals surface area contributed by atoms with E-state index >= 15 is 0 Å². The van der Waals surface area contributed by atoms with Gasteiger partial charge < -0.3 is 0 Å². The summed E-state index contributed by atoms with van der Waals surface area (Å²) in [6.45, 7) is 2.38. The number of anilines is 1. The third-order valence-corrected chi connectivity index (χ3v) is 5.61. The van der Waals surface area contributed by atoms with Crippen molar-refractivity contribution in [1.29, 1.82) is 0 Å². The van der Waals surface area contributed by atoms with Crippen molar-refractivity contribution >= 4 is 26.2 Å². The Balaban J connectivity index is 1.94. The summed E-state index contributed by atoms with van der Waals surface area (Å²) in [5, 5.41) is 13.2. The van der Waals surface area contributed by atoms with Gasteiger partial charge in [-0.05, 0) is 0 Å². The summed E-state index contributed by atoms with van der Waals surface area (Å²) >= 11 is -0.288. The number of nitrogens with zero attached hydrogens (tertiary/aromatic N) is 3. The Hall–Kier alpha value is -0.642. The molecule has 0 radical (unpaired) electrons. The van der Waals surface area contributed by atoms with Gasteiger partial charge in [0.25, 0.3) is 0 Å². The van der Waals surface area contributed by atoms with Crippen LogP contribution in [0.25, 0.3) is 0 Å². The van der Waals surface area contributed by atoms with Crippen LogP contribution in [0.1, 0.15) is 12.8 Å². The van der Waals surface area contributed by atoms with Crippen LogP contribution in [0.15, 0.2) is 12.3 Å². The average Bonchev–Trinajstić information content (AvgIpc) is 2.88. The molecule has 1 aliphatic heterocycles. The van der Waals surface area contributed by atoms with Crippen LogP contribution in [0.5, 0.6) is 0 Å². The van der Waals surface area contributed by atoms with Crippen molar-refractivity contribution in [1.82, 2.24) is 15.3 Å². The predicted molar refractivity (Wildman–Crippen MR) is 75.0 cm³/mol. The van der Waals surface area contributed by atoms with Gasteiger partial charge in [0, 0.05) is 0 Å². The molecular weight excluding hydrogens is 291 g/mol. The quantitative estimate of drug-likeness (QED) is 0.529. The molecule has 2 N–H and O–H groups in total. The number of aromatic nitrogens is 2. The molecule has 0 spiro atoms. The second-order valence-electron chi connectivity index (χ2n) is 4.46. The first-order chi connectivity index (χ1) is 8.83. The van der Waals surface area contributed by atoms with Crippen molar-refractivity contribution in [2.75, 3.05) is 31.6 Å². The molecule has 1 aromatic heterocycles. The van der Waals surface area contributed by atoms with Crippen molar-refractivity contribution in [3.63, 3.8) is 0 Å². The predicted octanol–water partition coefficient (Wildman–Crippen LogP) is -0.863. The summed E-state index contributed by atoms with van der Waals surface area (Å²) < 4.78 is 1.01. The SMILES string of the molecule is CNC1CCN(c2ccnc([AsH]CCCO)n2)C1. The van der Waals surface area contributed by atoms with Gasteiger partial charge in [0.05, 0.1) is 0 Å². The van der Waals surface area contributed by atoms with Gasteiger partial charge in [0.15, 0.2) is 0 Å². The van der Waals surface area contributed by atoms with Gasteiger partial charge in [-0.2, -0.15) is 0 Å². The topological polar surface area (TPSA) is 61.3 Å². The summed E-state index contributed by atoms with van der Waals surface area (Å²) in [6, 6.07) is 2.58. The van der Waals surface area contributed by atoms with Crippen LogP contribution in [-0.4, -0.2) is 63.6 Å². The Labute approximate surface area is 115 Å². The molecule has 0 saturated carbocycles. The molecule has 2 atom stereocenters. The summed E-state index contributed by atoms with van der Waals surface area (Å²) in [5.41, 5.74) is 0. The second kappa shape index (κ2) is 7.07. The van der Waals surface area contributed by atoms with Gasteiger partial charge in [-0.15, -0.1) is 0 Å². The minimum atomic E-state index is -0.288. The normalized spacial score (nSPS) is 20.1. The first-order valence-corrected chi connectivity index (χ1v) is 8.96. The van der Waals surface area contributed by atoms with Crippen molar-refractivity contribution in [3.8, 4) is 0 Å². The Morgan fingerprint density at radius 1 is 1.61 bits per heavy atom. The molecule has 2 rings (SSSR count). The summed E-state index contributed by atoms with van der Waals surface area (Å²) in [5.74, 6) is 1.06. The minimum absolute atomic E-state index is 0.277. The van der Waals surface area contributed by atoms with E-state index in [0.717, 1.165) is 35.1 Å². The number of nitrogens with one attached hydrogen (secondary N) is 1. The molecule has 1 aliphatic rings. The molecule has 0 aliphatic carbocycles. The fourth-order valence-corrected chi connectivity index (χ4v) is 4.02. The standard InChI is InChI=1S/C12H21AsN4O/c1-14-10-4-7-17(9-10)11-3-6-15-12(16-11)13-5-2-8-18/h3,6,10,13-14,18H,2,4-5,7-9H2,1H3. The first kappa shape index (κ1) is 13.8. The van der Waals surface area contributed by atoms with Crippen LogP contribution in [0.2, 0.25) is 5.21 Å². The molecule has 2 heterocycles. The zero-order valence-electron chi connectivity index (χ0n) is 10.8. The Bertz CT molecular complexity index is 377. The molecular formula is C12H21AsN4O. The molecule has 0 aromatic carbocycles. The van der Waals surface area contributed by atoms with Crippen molar-refractivity contribution in [3.05, 3.63) is 12.3 Å². The van der Waals surface area contributed by atoms with E-state index in [1.807, 2.05) is 19.3 Å². The van der Waals surface area contributed by atoms with E-state index in [0.29, 0.717) is 6.04 Å². The zero-order valence-corrected chi connectivity index (χ0v) is 12.9. The molecule has 1 fully saturated rings.